The summed E-state index contributed by atoms with van der Waals surface area (Å²) in [6.07, 6.45) is -0.411. The maximum absolute atomic E-state index is 12.2. The normalized spacial score (nSPS) is 12.5. The molecule has 0 spiro atoms. The van der Waals surface area contributed by atoms with Crippen molar-refractivity contribution >= 4 is 22.0 Å². The number of alkyl carbamates (subject to hydrolysis) is 1. The van der Waals surface area contributed by atoms with Crippen molar-refractivity contribution in [2.75, 3.05) is 6.54 Å². The van der Waals surface area contributed by atoms with Gasteiger partial charge in [0.15, 0.2) is 0 Å². The van der Waals surface area contributed by atoms with Gasteiger partial charge in [-0.25, -0.2) is 4.79 Å². The smallest absolute Gasteiger partial charge is 0.408 e. The molecule has 2 rings (SSSR count). The molecule has 1 amide bonds. The van der Waals surface area contributed by atoms with Gasteiger partial charge in [0.1, 0.15) is 5.60 Å². The van der Waals surface area contributed by atoms with Crippen LogP contribution < -0.4 is 10.6 Å². The molecular formula is C20H25BrN2O2. The van der Waals surface area contributed by atoms with Crippen LogP contribution in [0.25, 0.3) is 0 Å². The van der Waals surface area contributed by atoms with E-state index in [2.05, 4.69) is 38.7 Å². The molecule has 134 valence electrons. The molecule has 0 aromatic heterocycles. The van der Waals surface area contributed by atoms with Crippen molar-refractivity contribution in [2.45, 2.75) is 39.0 Å². The van der Waals surface area contributed by atoms with Crippen LogP contribution in [0.1, 0.15) is 37.9 Å². The zero-order chi connectivity index (χ0) is 18.3. The monoisotopic (exact) mass is 404 g/mol. The third-order valence-electron chi connectivity index (χ3n) is 3.46. The lowest BCUT2D eigenvalue weighted by atomic mass is 10.1. The van der Waals surface area contributed by atoms with E-state index in [-0.39, 0.29) is 6.04 Å². The van der Waals surface area contributed by atoms with Gasteiger partial charge < -0.3 is 15.4 Å². The number of carbonyl (C=O) groups excluding carboxylic acids is 1. The van der Waals surface area contributed by atoms with Crippen LogP contribution in [0.3, 0.4) is 0 Å². The number of hydrogen-bond acceptors (Lipinski definition) is 3. The van der Waals surface area contributed by atoms with Gasteiger partial charge in [-0.1, -0.05) is 58.4 Å². The topological polar surface area (TPSA) is 50.4 Å². The van der Waals surface area contributed by atoms with Gasteiger partial charge >= 0.3 is 6.09 Å². The number of ether oxygens (including phenoxy) is 1. The molecule has 4 nitrogen and oxygen atoms in total. The number of halogens is 1. The Morgan fingerprint density at radius 1 is 1.12 bits per heavy atom. The third-order valence-corrected chi connectivity index (χ3v) is 3.95. The zero-order valence-corrected chi connectivity index (χ0v) is 16.5. The van der Waals surface area contributed by atoms with Crippen molar-refractivity contribution in [1.29, 1.82) is 0 Å². The van der Waals surface area contributed by atoms with Crippen LogP contribution >= 0.6 is 15.9 Å². The number of benzene rings is 2. The SMILES string of the molecule is CC(C)(C)OC(=O)NC(CNCc1cccc(Br)c1)c1ccccc1. The third kappa shape index (κ3) is 7.28. The van der Waals surface area contributed by atoms with Crippen LogP contribution in [0.5, 0.6) is 0 Å². The van der Waals surface area contributed by atoms with Crippen molar-refractivity contribution in [3.05, 3.63) is 70.2 Å². The molecule has 0 aliphatic carbocycles. The first-order valence-corrected chi connectivity index (χ1v) is 9.12. The van der Waals surface area contributed by atoms with E-state index in [0.29, 0.717) is 6.54 Å². The van der Waals surface area contributed by atoms with Crippen LogP contribution in [0.2, 0.25) is 0 Å². The van der Waals surface area contributed by atoms with Crippen molar-refractivity contribution in [1.82, 2.24) is 10.6 Å². The Morgan fingerprint density at radius 3 is 2.48 bits per heavy atom. The van der Waals surface area contributed by atoms with Crippen molar-refractivity contribution < 1.29 is 9.53 Å². The highest BCUT2D eigenvalue weighted by Crippen LogP contribution is 2.15. The van der Waals surface area contributed by atoms with Gasteiger partial charge in [-0.3, -0.25) is 0 Å². The van der Waals surface area contributed by atoms with Gasteiger partial charge in [-0.2, -0.15) is 0 Å². The molecule has 0 heterocycles. The number of hydrogen-bond donors (Lipinski definition) is 2. The zero-order valence-electron chi connectivity index (χ0n) is 14.9. The summed E-state index contributed by atoms with van der Waals surface area (Å²) in [5.74, 6) is 0. The second kappa shape index (κ2) is 9.02. The standard InChI is InChI=1S/C20H25BrN2O2/c1-20(2,3)25-19(24)23-18(16-9-5-4-6-10-16)14-22-13-15-8-7-11-17(21)12-15/h4-12,18,22H,13-14H2,1-3H3,(H,23,24). The van der Waals surface area contributed by atoms with E-state index < -0.39 is 11.7 Å². The number of rotatable bonds is 6. The Bertz CT molecular complexity index is 684. The van der Waals surface area contributed by atoms with Gasteiger partial charge in [0.25, 0.3) is 0 Å². The Balaban J connectivity index is 1.98. The maximum Gasteiger partial charge on any atom is 0.408 e. The molecule has 0 aliphatic heterocycles. The average Bonchev–Trinajstić information content (AvgIpc) is 2.53. The Morgan fingerprint density at radius 2 is 1.84 bits per heavy atom. The highest BCUT2D eigenvalue weighted by atomic mass is 79.9. The van der Waals surface area contributed by atoms with Gasteiger partial charge in [-0.15, -0.1) is 0 Å². The van der Waals surface area contributed by atoms with E-state index >= 15 is 0 Å². The number of amides is 1. The molecule has 2 N–H and O–H groups in total. The molecule has 0 aliphatic rings. The van der Waals surface area contributed by atoms with Gasteiger partial charge in [0.05, 0.1) is 6.04 Å². The average molecular weight is 405 g/mol. The summed E-state index contributed by atoms with van der Waals surface area (Å²) >= 11 is 3.48. The highest BCUT2D eigenvalue weighted by Gasteiger charge is 2.20. The summed E-state index contributed by atoms with van der Waals surface area (Å²) in [6.45, 7) is 6.90. The van der Waals surface area contributed by atoms with E-state index in [1.54, 1.807) is 0 Å². The highest BCUT2D eigenvalue weighted by molar-refractivity contribution is 9.10. The molecule has 5 heteroatoms. The lowest BCUT2D eigenvalue weighted by molar-refractivity contribution is 0.0503. The summed E-state index contributed by atoms with van der Waals surface area (Å²) in [6, 6.07) is 17.9. The minimum atomic E-state index is -0.519. The molecule has 1 unspecified atom stereocenters. The van der Waals surface area contributed by atoms with Crippen molar-refractivity contribution in [3.8, 4) is 0 Å². The summed E-state index contributed by atoms with van der Waals surface area (Å²) in [7, 11) is 0. The summed E-state index contributed by atoms with van der Waals surface area (Å²) in [5.41, 5.74) is 1.70. The van der Waals surface area contributed by atoms with Crippen molar-refractivity contribution in [2.24, 2.45) is 0 Å². The van der Waals surface area contributed by atoms with Crippen molar-refractivity contribution in [3.63, 3.8) is 0 Å². The van der Waals surface area contributed by atoms with Gasteiger partial charge in [0.2, 0.25) is 0 Å². The van der Waals surface area contributed by atoms with Crippen LogP contribution in [-0.2, 0) is 11.3 Å². The maximum atomic E-state index is 12.2. The largest absolute Gasteiger partial charge is 0.444 e. The Hall–Kier alpha value is -1.85. The molecule has 25 heavy (non-hydrogen) atoms. The van der Waals surface area contributed by atoms with Crippen LogP contribution in [-0.4, -0.2) is 18.2 Å². The molecule has 2 aromatic rings. The number of carbonyl (C=O) groups is 1. The predicted molar refractivity (Wildman–Crippen MR) is 104 cm³/mol. The molecule has 0 bridgehead atoms. The first kappa shape index (κ1) is 19.5. The Labute approximate surface area is 158 Å². The minimum absolute atomic E-state index is 0.164. The molecule has 2 aromatic carbocycles. The van der Waals surface area contributed by atoms with Gasteiger partial charge in [0, 0.05) is 17.6 Å². The molecule has 0 radical (unpaired) electrons. The lowest BCUT2D eigenvalue weighted by Crippen LogP contribution is -2.39. The molecule has 0 saturated heterocycles. The van der Waals surface area contributed by atoms with Crippen LogP contribution in [0.15, 0.2) is 59.1 Å². The summed E-state index contributed by atoms with van der Waals surface area (Å²) in [5, 5.41) is 6.36. The summed E-state index contributed by atoms with van der Waals surface area (Å²) in [4.78, 5) is 12.2. The fraction of sp³-hybridized carbons (Fsp3) is 0.350. The van der Waals surface area contributed by atoms with E-state index in [4.69, 9.17) is 4.74 Å². The van der Waals surface area contributed by atoms with E-state index in [1.807, 2.05) is 63.2 Å². The Kier molecular flexibility index (Phi) is 7.02. The number of nitrogens with one attached hydrogen (secondary N) is 2. The molecule has 1 atom stereocenters. The lowest BCUT2D eigenvalue weighted by Gasteiger charge is -2.24. The van der Waals surface area contributed by atoms with Gasteiger partial charge in [-0.05, 0) is 44.0 Å². The van der Waals surface area contributed by atoms with E-state index in [0.717, 1.165) is 16.6 Å². The minimum Gasteiger partial charge on any atom is -0.444 e. The molecule has 0 fully saturated rings. The molecule has 0 saturated carbocycles. The van der Waals surface area contributed by atoms with Crippen LogP contribution in [0.4, 0.5) is 4.79 Å². The fourth-order valence-corrected chi connectivity index (χ4v) is 2.84. The second-order valence-corrected chi connectivity index (χ2v) is 7.79. The first-order valence-electron chi connectivity index (χ1n) is 8.33. The van der Waals surface area contributed by atoms with E-state index in [9.17, 15) is 4.79 Å². The molecular weight excluding hydrogens is 380 g/mol. The summed E-state index contributed by atoms with van der Waals surface area (Å²) < 4.78 is 6.44. The predicted octanol–water partition coefficient (Wildman–Crippen LogP) is 4.80. The quantitative estimate of drug-likeness (QED) is 0.726. The fourth-order valence-electron chi connectivity index (χ4n) is 2.40. The first-order chi connectivity index (χ1) is 11.8. The van der Waals surface area contributed by atoms with Crippen LogP contribution in [0, 0.1) is 0 Å². The van der Waals surface area contributed by atoms with E-state index in [1.165, 1.54) is 5.56 Å². The second-order valence-electron chi connectivity index (χ2n) is 6.87.